The van der Waals surface area contributed by atoms with Gasteiger partial charge in [-0.2, -0.15) is 4.99 Å². The van der Waals surface area contributed by atoms with E-state index in [-0.39, 0.29) is 11.4 Å². The number of urea groups is 1. The topological polar surface area (TPSA) is 58.7 Å². The number of hydrogen-bond acceptors (Lipinski definition) is 2. The van der Waals surface area contributed by atoms with Crippen molar-refractivity contribution in [3.8, 4) is 0 Å². The molecule has 0 bridgehead atoms. The summed E-state index contributed by atoms with van der Waals surface area (Å²) in [6.07, 6.45) is 0. The summed E-state index contributed by atoms with van der Waals surface area (Å²) in [5.41, 5.74) is 5.52. The molecule has 1 aromatic carbocycles. The molecule has 1 aromatic rings. The van der Waals surface area contributed by atoms with E-state index < -0.39 is 23.7 Å². The maximum absolute atomic E-state index is 13.5. The second kappa shape index (κ2) is 3.55. The number of carbonyl (C=O) groups excluding carboxylic acids is 1. The molecule has 4 nitrogen and oxygen atoms in total. The molecule has 2 N–H and O–H groups in total. The standard InChI is InChI=1S/C10H9F2N3O/c1-15-8(9(13)14-10(15)16)5-3-2-4-6(11)7(5)12/h2-4,8H,1H3,(H2,13,14,16). The summed E-state index contributed by atoms with van der Waals surface area (Å²) in [6.45, 7) is 0. The number of carbonyl (C=O) groups is 1. The molecule has 1 unspecified atom stereocenters. The molecule has 1 aliphatic heterocycles. The smallest absolute Gasteiger partial charge is 0.345 e. The van der Waals surface area contributed by atoms with Gasteiger partial charge in [-0.05, 0) is 6.07 Å². The number of aliphatic imine (C=N–C) groups is 1. The van der Waals surface area contributed by atoms with Crippen LogP contribution in [0.2, 0.25) is 0 Å². The minimum absolute atomic E-state index is 0.00889. The third kappa shape index (κ3) is 1.42. The molecule has 0 radical (unpaired) electrons. The zero-order valence-corrected chi connectivity index (χ0v) is 8.45. The molecule has 84 valence electrons. The van der Waals surface area contributed by atoms with Crippen LogP contribution < -0.4 is 5.73 Å². The molecule has 0 saturated heterocycles. The normalized spacial score (nSPS) is 20.2. The van der Waals surface area contributed by atoms with Crippen molar-refractivity contribution in [1.82, 2.24) is 4.90 Å². The second-order valence-corrected chi connectivity index (χ2v) is 3.48. The lowest BCUT2D eigenvalue weighted by Gasteiger charge is -2.20. The number of benzene rings is 1. The van der Waals surface area contributed by atoms with Crippen LogP contribution in [-0.4, -0.2) is 23.8 Å². The SMILES string of the molecule is CN1C(=O)N=C(N)C1c1cccc(F)c1F. The summed E-state index contributed by atoms with van der Waals surface area (Å²) in [5.74, 6) is -2.01. The molecule has 0 spiro atoms. The van der Waals surface area contributed by atoms with E-state index in [4.69, 9.17) is 5.73 Å². The summed E-state index contributed by atoms with van der Waals surface area (Å²) in [5, 5.41) is 0. The highest BCUT2D eigenvalue weighted by Gasteiger charge is 2.33. The number of hydrogen-bond donors (Lipinski definition) is 1. The van der Waals surface area contributed by atoms with Crippen LogP contribution in [0, 0.1) is 11.6 Å². The van der Waals surface area contributed by atoms with Gasteiger partial charge in [-0.1, -0.05) is 12.1 Å². The van der Waals surface area contributed by atoms with Gasteiger partial charge in [0, 0.05) is 12.6 Å². The van der Waals surface area contributed by atoms with Crippen LogP contribution in [0.15, 0.2) is 23.2 Å². The zero-order chi connectivity index (χ0) is 11.9. The summed E-state index contributed by atoms with van der Waals surface area (Å²) in [7, 11) is 1.43. The number of amidine groups is 1. The zero-order valence-electron chi connectivity index (χ0n) is 8.45. The van der Waals surface area contributed by atoms with Crippen molar-refractivity contribution in [3.63, 3.8) is 0 Å². The maximum Gasteiger partial charge on any atom is 0.345 e. The van der Waals surface area contributed by atoms with E-state index in [2.05, 4.69) is 4.99 Å². The molecule has 0 saturated carbocycles. The maximum atomic E-state index is 13.5. The van der Waals surface area contributed by atoms with Gasteiger partial charge < -0.3 is 10.6 Å². The van der Waals surface area contributed by atoms with Crippen molar-refractivity contribution in [2.24, 2.45) is 10.7 Å². The number of nitrogens with zero attached hydrogens (tertiary/aromatic N) is 2. The fourth-order valence-corrected chi connectivity index (χ4v) is 1.66. The van der Waals surface area contributed by atoms with Crippen molar-refractivity contribution in [2.45, 2.75) is 6.04 Å². The molecule has 6 heteroatoms. The van der Waals surface area contributed by atoms with E-state index in [0.717, 1.165) is 11.0 Å². The summed E-state index contributed by atoms with van der Waals surface area (Å²) >= 11 is 0. The third-order valence-corrected chi connectivity index (χ3v) is 2.47. The highest BCUT2D eigenvalue weighted by Crippen LogP contribution is 2.28. The number of halogens is 2. The van der Waals surface area contributed by atoms with Gasteiger partial charge in [-0.25, -0.2) is 13.6 Å². The Labute approximate surface area is 90.4 Å². The van der Waals surface area contributed by atoms with Crippen LogP contribution in [0.1, 0.15) is 11.6 Å². The van der Waals surface area contributed by atoms with Crippen molar-refractivity contribution in [3.05, 3.63) is 35.4 Å². The first-order valence-electron chi connectivity index (χ1n) is 4.57. The van der Waals surface area contributed by atoms with Crippen molar-refractivity contribution in [2.75, 3.05) is 7.05 Å². The molecule has 1 heterocycles. The lowest BCUT2D eigenvalue weighted by Crippen LogP contribution is -2.31. The van der Waals surface area contributed by atoms with Crippen LogP contribution in [0.3, 0.4) is 0 Å². The Morgan fingerprint density at radius 3 is 2.69 bits per heavy atom. The lowest BCUT2D eigenvalue weighted by atomic mass is 10.0. The van der Waals surface area contributed by atoms with Gasteiger partial charge in [0.25, 0.3) is 0 Å². The van der Waals surface area contributed by atoms with Gasteiger partial charge in [0.15, 0.2) is 11.6 Å². The van der Waals surface area contributed by atoms with Crippen molar-refractivity contribution in [1.29, 1.82) is 0 Å². The summed E-state index contributed by atoms with van der Waals surface area (Å²) in [4.78, 5) is 15.9. The predicted octanol–water partition coefficient (Wildman–Crippen LogP) is 1.43. The Hall–Kier alpha value is -1.98. The Kier molecular flexibility index (Phi) is 2.34. The number of rotatable bonds is 1. The molecule has 0 aromatic heterocycles. The Morgan fingerprint density at radius 2 is 2.12 bits per heavy atom. The monoisotopic (exact) mass is 225 g/mol. The first-order chi connectivity index (χ1) is 7.52. The molecule has 0 fully saturated rings. The average Bonchev–Trinajstić information content (AvgIpc) is 2.47. The highest BCUT2D eigenvalue weighted by molar-refractivity contribution is 6.03. The molecular formula is C10H9F2N3O. The number of nitrogens with two attached hydrogens (primary N) is 1. The third-order valence-electron chi connectivity index (χ3n) is 2.47. The second-order valence-electron chi connectivity index (χ2n) is 3.48. The number of likely N-dealkylation sites (N-methyl/N-ethyl adjacent to an activating group) is 1. The molecule has 1 atom stereocenters. The Bertz CT molecular complexity index is 487. The van der Waals surface area contributed by atoms with E-state index in [0.29, 0.717) is 0 Å². The van der Waals surface area contributed by atoms with E-state index in [1.165, 1.54) is 19.2 Å². The molecule has 1 aliphatic rings. The summed E-state index contributed by atoms with van der Waals surface area (Å²) in [6, 6.07) is 2.34. The van der Waals surface area contributed by atoms with Gasteiger partial charge in [0.05, 0.1) is 0 Å². The quantitative estimate of drug-likeness (QED) is 0.785. The first-order valence-corrected chi connectivity index (χ1v) is 4.57. The van der Waals surface area contributed by atoms with E-state index >= 15 is 0 Å². The minimum atomic E-state index is -1.01. The fraction of sp³-hybridized carbons (Fsp3) is 0.200. The molecule has 16 heavy (non-hydrogen) atoms. The molecule has 2 amide bonds. The fourth-order valence-electron chi connectivity index (χ4n) is 1.66. The minimum Gasteiger partial charge on any atom is -0.385 e. The van der Waals surface area contributed by atoms with Gasteiger partial charge in [-0.3, -0.25) is 0 Å². The van der Waals surface area contributed by atoms with Gasteiger partial charge >= 0.3 is 6.03 Å². The van der Waals surface area contributed by atoms with Crippen LogP contribution in [0.5, 0.6) is 0 Å². The molecular weight excluding hydrogens is 216 g/mol. The van der Waals surface area contributed by atoms with Crippen LogP contribution in [0.25, 0.3) is 0 Å². The van der Waals surface area contributed by atoms with E-state index in [1.54, 1.807) is 0 Å². The van der Waals surface area contributed by atoms with Gasteiger partial charge in [0.1, 0.15) is 11.9 Å². The van der Waals surface area contributed by atoms with Crippen LogP contribution in [-0.2, 0) is 0 Å². The number of amides is 2. The van der Waals surface area contributed by atoms with Gasteiger partial charge in [-0.15, -0.1) is 0 Å². The van der Waals surface area contributed by atoms with Crippen LogP contribution >= 0.6 is 0 Å². The van der Waals surface area contributed by atoms with E-state index in [9.17, 15) is 13.6 Å². The molecule has 2 rings (SSSR count). The lowest BCUT2D eigenvalue weighted by molar-refractivity contribution is 0.218. The van der Waals surface area contributed by atoms with Gasteiger partial charge in [0.2, 0.25) is 0 Å². The van der Waals surface area contributed by atoms with Crippen molar-refractivity contribution >= 4 is 11.9 Å². The Morgan fingerprint density at radius 1 is 1.44 bits per heavy atom. The average molecular weight is 225 g/mol. The van der Waals surface area contributed by atoms with Crippen LogP contribution in [0.4, 0.5) is 13.6 Å². The first kappa shape index (κ1) is 10.5. The largest absolute Gasteiger partial charge is 0.385 e. The summed E-state index contributed by atoms with van der Waals surface area (Å²) < 4.78 is 26.5. The Balaban J connectivity index is 2.50. The van der Waals surface area contributed by atoms with E-state index in [1.807, 2.05) is 0 Å². The predicted molar refractivity (Wildman–Crippen MR) is 53.9 cm³/mol. The molecule has 0 aliphatic carbocycles. The van der Waals surface area contributed by atoms with Crippen molar-refractivity contribution < 1.29 is 13.6 Å². The highest BCUT2D eigenvalue weighted by atomic mass is 19.2.